The van der Waals surface area contributed by atoms with E-state index in [0.29, 0.717) is 49.8 Å². The smallest absolute Gasteiger partial charge is 0.313 e. The quantitative estimate of drug-likeness (QED) is 0.164. The van der Waals surface area contributed by atoms with Crippen LogP contribution in [0.4, 0.5) is 0 Å². The van der Waals surface area contributed by atoms with Gasteiger partial charge in [-0.2, -0.15) is 0 Å². The molecule has 298 valence electrons. The molecule has 8 fully saturated rings. The first-order chi connectivity index (χ1) is 25.8. The van der Waals surface area contributed by atoms with E-state index in [1.807, 2.05) is 25.7 Å². The van der Waals surface area contributed by atoms with Gasteiger partial charge in [-0.3, -0.25) is 14.4 Å². The molecule has 6 bridgehead atoms. The lowest BCUT2D eigenvalue weighted by Gasteiger charge is -2.71. The third-order valence-electron chi connectivity index (χ3n) is 20.3. The van der Waals surface area contributed by atoms with Gasteiger partial charge >= 0.3 is 5.97 Å². The molecule has 1 saturated heterocycles. The largest absolute Gasteiger partial charge is 0.461 e. The van der Waals surface area contributed by atoms with Crippen molar-refractivity contribution in [1.82, 2.24) is 4.90 Å². The molecule has 10 aliphatic carbocycles. The van der Waals surface area contributed by atoms with Crippen molar-refractivity contribution in [3.05, 3.63) is 48.0 Å². The van der Waals surface area contributed by atoms with Crippen molar-refractivity contribution >= 4 is 17.7 Å². The number of furan rings is 1. The van der Waals surface area contributed by atoms with Crippen molar-refractivity contribution in [3.63, 3.8) is 0 Å². The number of carbonyl (C=O) groups excluding carboxylic acids is 3. The highest BCUT2D eigenvalue weighted by molar-refractivity contribution is 6.09. The second-order valence-electron chi connectivity index (χ2n) is 22.2. The van der Waals surface area contributed by atoms with Gasteiger partial charge in [0, 0.05) is 33.8 Å². The summed E-state index contributed by atoms with van der Waals surface area (Å²) in [5.74, 6) is 1.54. The van der Waals surface area contributed by atoms with Crippen molar-refractivity contribution in [2.24, 2.45) is 67.5 Å². The maximum absolute atomic E-state index is 15.5. The summed E-state index contributed by atoms with van der Waals surface area (Å²) < 4.78 is 12.0. The number of esters is 1. The third-order valence-corrected chi connectivity index (χ3v) is 20.3. The van der Waals surface area contributed by atoms with Gasteiger partial charge in [0.2, 0.25) is 5.78 Å². The van der Waals surface area contributed by atoms with Gasteiger partial charge < -0.3 is 24.3 Å². The lowest BCUT2D eigenvalue weighted by Crippen LogP contribution is -2.68. The van der Waals surface area contributed by atoms with Crippen molar-refractivity contribution in [3.8, 4) is 0 Å². The molecule has 0 aromatic carbocycles. The minimum Gasteiger partial charge on any atom is -0.461 e. The summed E-state index contributed by atoms with van der Waals surface area (Å²) in [5.41, 5.74) is -4.65. The summed E-state index contributed by atoms with van der Waals surface area (Å²) in [7, 11) is 0. The fourth-order valence-corrected chi connectivity index (χ4v) is 16.1. The van der Waals surface area contributed by atoms with Crippen LogP contribution >= 0.6 is 0 Å². The molecule has 1 aromatic heterocycles. The number of hydrogen-bond donors (Lipinski definition) is 2. The van der Waals surface area contributed by atoms with E-state index in [9.17, 15) is 19.8 Å². The van der Waals surface area contributed by atoms with Crippen molar-refractivity contribution < 1.29 is 33.8 Å². The molecule has 12 rings (SSSR count). The first-order valence-electron chi connectivity index (χ1n) is 21.7. The molecule has 7 saturated carbocycles. The minimum absolute atomic E-state index is 0.0428. The molecule has 8 nitrogen and oxygen atoms in total. The average molecular weight is 754 g/mol. The number of allylic oxidation sites excluding steroid dienone is 4. The van der Waals surface area contributed by atoms with Gasteiger partial charge in [0.15, 0.2) is 11.4 Å². The predicted molar refractivity (Wildman–Crippen MR) is 206 cm³/mol. The molecular formula is C47H63NO7. The van der Waals surface area contributed by atoms with Crippen LogP contribution in [0.25, 0.3) is 0 Å². The zero-order valence-corrected chi connectivity index (χ0v) is 34.2. The summed E-state index contributed by atoms with van der Waals surface area (Å²) in [5, 5.41) is 24.5. The maximum Gasteiger partial charge on any atom is 0.313 e. The van der Waals surface area contributed by atoms with E-state index in [2.05, 4.69) is 45.9 Å². The number of nitrogens with zero attached hydrogens (tertiary/aromatic N) is 1. The molecule has 8 heteroatoms. The van der Waals surface area contributed by atoms with Crippen LogP contribution in [-0.4, -0.2) is 63.2 Å². The fraction of sp³-hybridized carbons (Fsp3) is 0.766. The second-order valence-corrected chi connectivity index (χ2v) is 22.2. The fourth-order valence-electron chi connectivity index (χ4n) is 16.1. The molecular weight excluding hydrogens is 691 g/mol. The van der Waals surface area contributed by atoms with Gasteiger partial charge in [0.05, 0.1) is 29.9 Å². The molecule has 1 amide bonds. The van der Waals surface area contributed by atoms with E-state index in [1.54, 1.807) is 18.4 Å². The zero-order chi connectivity index (χ0) is 39.0. The van der Waals surface area contributed by atoms with Crippen LogP contribution in [0.3, 0.4) is 0 Å². The zero-order valence-electron chi connectivity index (χ0n) is 34.2. The highest BCUT2D eigenvalue weighted by atomic mass is 16.6. The van der Waals surface area contributed by atoms with E-state index >= 15 is 4.79 Å². The van der Waals surface area contributed by atoms with Gasteiger partial charge in [-0.25, -0.2) is 0 Å². The Hall–Kier alpha value is -2.71. The Labute approximate surface area is 326 Å². The molecule has 2 heterocycles. The Kier molecular flexibility index (Phi) is 7.23. The Bertz CT molecular complexity index is 1930. The Balaban J connectivity index is 1.05. The molecule has 13 atom stereocenters. The average Bonchev–Trinajstić information content (AvgIpc) is 3.86. The van der Waals surface area contributed by atoms with E-state index < -0.39 is 44.4 Å². The normalized spacial score (nSPS) is 50.3. The first-order valence-corrected chi connectivity index (χ1v) is 21.7. The SMILES string of the molecule is CC1(C)C2CCC(CN(CC3(O)CCC4C56C=CC7(C=C5C(=O)c5ccco5)CC(O)CCC7(C)C6CCC43C)C(=O)C34CCC(C)(C(=O)O3)C4(C)C)C1C2. The molecule has 11 aliphatic rings. The van der Waals surface area contributed by atoms with Gasteiger partial charge in [0.1, 0.15) is 0 Å². The van der Waals surface area contributed by atoms with Gasteiger partial charge in [-0.05, 0) is 137 Å². The highest BCUT2D eigenvalue weighted by Gasteiger charge is 2.78. The summed E-state index contributed by atoms with van der Waals surface area (Å²) >= 11 is 0. The van der Waals surface area contributed by atoms with Gasteiger partial charge in [-0.1, -0.05) is 59.8 Å². The summed E-state index contributed by atoms with van der Waals surface area (Å²) in [6, 6.07) is 3.52. The number of ketones is 1. The monoisotopic (exact) mass is 753 g/mol. The van der Waals surface area contributed by atoms with Gasteiger partial charge in [-0.15, -0.1) is 0 Å². The number of aliphatic hydroxyl groups is 2. The van der Waals surface area contributed by atoms with Gasteiger partial charge in [0.25, 0.3) is 5.91 Å². The number of ether oxygens (including phenoxy) is 1. The third kappa shape index (κ3) is 4.06. The molecule has 1 aliphatic heterocycles. The second kappa shape index (κ2) is 10.9. The molecule has 1 aromatic rings. The number of fused-ring (bicyclic) bond motifs is 5. The summed E-state index contributed by atoms with van der Waals surface area (Å²) in [6.07, 6.45) is 17.7. The molecule has 2 spiro atoms. The Morgan fingerprint density at radius 1 is 0.891 bits per heavy atom. The number of Topliss-reactive ketones (excluding diaryl/α,β-unsaturated/α-hetero) is 1. The molecule has 2 N–H and O–H groups in total. The van der Waals surface area contributed by atoms with Crippen molar-refractivity contribution in [2.45, 2.75) is 143 Å². The van der Waals surface area contributed by atoms with Crippen LogP contribution < -0.4 is 0 Å². The number of amides is 1. The van der Waals surface area contributed by atoms with Crippen LogP contribution in [0.15, 0.2) is 46.6 Å². The lowest BCUT2D eigenvalue weighted by atomic mass is 9.32. The van der Waals surface area contributed by atoms with E-state index in [0.717, 1.165) is 56.4 Å². The van der Waals surface area contributed by atoms with E-state index in [4.69, 9.17) is 9.15 Å². The lowest BCUT2D eigenvalue weighted by molar-refractivity contribution is -0.190. The number of hydrogen-bond acceptors (Lipinski definition) is 7. The van der Waals surface area contributed by atoms with Crippen LogP contribution in [0, 0.1) is 67.5 Å². The minimum atomic E-state index is -1.25. The number of rotatable bonds is 7. The maximum atomic E-state index is 15.5. The standard InChI is InChI=1S/C47H63NO7/c1-39(2)29-11-10-28(31(39)23-29)26-48(37(51)47-21-18-43(7,38(52)55-47)40(47,3)4)27-45(53)17-14-35-42(45,6)16-13-34-41(5)15-12-30(49)24-44(41)19-20-46(34,35)32(25-44)36(50)33-9-8-22-54-33/h8-9,19-20,22,25,28-31,34-35,49,53H,10-18,21,23-24,26-27H2,1-7H3. The Morgan fingerprint density at radius 2 is 1.62 bits per heavy atom. The first kappa shape index (κ1) is 36.6. The number of aliphatic hydroxyl groups excluding tert-OH is 1. The van der Waals surface area contributed by atoms with Crippen molar-refractivity contribution in [2.75, 3.05) is 13.1 Å². The van der Waals surface area contributed by atoms with Crippen LogP contribution in [-0.2, 0) is 14.3 Å². The molecule has 13 unspecified atom stereocenters. The summed E-state index contributed by atoms with van der Waals surface area (Å²) in [6.45, 7) is 16.2. The summed E-state index contributed by atoms with van der Waals surface area (Å²) in [4.78, 5) is 45.7. The topological polar surface area (TPSA) is 117 Å². The van der Waals surface area contributed by atoms with Crippen molar-refractivity contribution in [1.29, 1.82) is 0 Å². The van der Waals surface area contributed by atoms with E-state index in [1.165, 1.54) is 6.42 Å². The highest BCUT2D eigenvalue weighted by Crippen LogP contribution is 2.79. The number of carbonyl (C=O) groups is 3. The van der Waals surface area contributed by atoms with Crippen LogP contribution in [0.1, 0.15) is 136 Å². The molecule has 55 heavy (non-hydrogen) atoms. The molecule has 0 radical (unpaired) electrons. The Morgan fingerprint density at radius 3 is 2.27 bits per heavy atom. The van der Waals surface area contributed by atoms with Crippen LogP contribution in [0.2, 0.25) is 0 Å². The van der Waals surface area contributed by atoms with Crippen LogP contribution in [0.5, 0.6) is 0 Å². The van der Waals surface area contributed by atoms with E-state index in [-0.39, 0.29) is 46.9 Å². The predicted octanol–water partition coefficient (Wildman–Crippen LogP) is 8.08.